The average Bonchev–Trinajstić information content (AvgIpc) is 2.86. The lowest BCUT2D eigenvalue weighted by atomic mass is 9.88. The summed E-state index contributed by atoms with van der Waals surface area (Å²) in [7, 11) is 1.59. The van der Waals surface area contributed by atoms with Gasteiger partial charge in [0.15, 0.2) is 0 Å². The standard InChI is InChI=1S/C22H20N4O2/c1-5-6-16-9-14(2)19(15(3)10-16)20-21(27)25(4)26(22(20)28)13-18-8-7-17(11-23)12-24-18/h7-10,12,20H,13H2,1-4H3. The van der Waals surface area contributed by atoms with Gasteiger partial charge < -0.3 is 0 Å². The van der Waals surface area contributed by atoms with E-state index in [1.165, 1.54) is 16.2 Å². The van der Waals surface area contributed by atoms with Crippen LogP contribution in [0.15, 0.2) is 30.5 Å². The number of amides is 2. The van der Waals surface area contributed by atoms with Gasteiger partial charge in [-0.3, -0.25) is 19.6 Å². The molecule has 1 atom stereocenters. The Morgan fingerprint density at radius 2 is 1.79 bits per heavy atom. The Morgan fingerprint density at radius 3 is 2.32 bits per heavy atom. The summed E-state index contributed by atoms with van der Waals surface area (Å²) < 4.78 is 0. The molecule has 6 nitrogen and oxygen atoms in total. The minimum Gasteiger partial charge on any atom is -0.272 e. The Bertz CT molecular complexity index is 1030. The van der Waals surface area contributed by atoms with Crippen LogP contribution in [-0.4, -0.2) is 33.9 Å². The highest BCUT2D eigenvalue weighted by Crippen LogP contribution is 2.33. The number of rotatable bonds is 3. The number of aromatic nitrogens is 1. The SMILES string of the molecule is CC#Cc1cc(C)c(C2C(=O)N(C)N(Cc3ccc(C#N)cn3)C2=O)c(C)c1. The van der Waals surface area contributed by atoms with Gasteiger partial charge in [-0.05, 0) is 61.7 Å². The molecule has 1 unspecified atom stereocenters. The number of pyridine rings is 1. The van der Waals surface area contributed by atoms with E-state index in [0.29, 0.717) is 11.3 Å². The molecule has 3 rings (SSSR count). The van der Waals surface area contributed by atoms with Crippen molar-refractivity contribution in [2.45, 2.75) is 33.2 Å². The monoisotopic (exact) mass is 372 g/mol. The van der Waals surface area contributed by atoms with Gasteiger partial charge in [-0.25, -0.2) is 5.01 Å². The zero-order chi connectivity index (χ0) is 20.4. The summed E-state index contributed by atoms with van der Waals surface area (Å²) in [6.45, 7) is 5.73. The maximum Gasteiger partial charge on any atom is 0.258 e. The zero-order valence-corrected chi connectivity index (χ0v) is 16.3. The van der Waals surface area contributed by atoms with Crippen molar-refractivity contribution in [1.29, 1.82) is 5.26 Å². The molecule has 1 saturated heterocycles. The Morgan fingerprint density at radius 1 is 1.11 bits per heavy atom. The number of nitriles is 1. The predicted octanol–water partition coefficient (Wildman–Crippen LogP) is 2.44. The molecule has 28 heavy (non-hydrogen) atoms. The smallest absolute Gasteiger partial charge is 0.258 e. The van der Waals surface area contributed by atoms with Gasteiger partial charge in [0, 0.05) is 18.8 Å². The summed E-state index contributed by atoms with van der Waals surface area (Å²) >= 11 is 0. The highest BCUT2D eigenvalue weighted by atomic mass is 16.2. The fourth-order valence-corrected chi connectivity index (χ4v) is 3.52. The number of benzene rings is 1. The Labute approximate surface area is 164 Å². The third-order valence-electron chi connectivity index (χ3n) is 4.85. The van der Waals surface area contributed by atoms with Crippen molar-refractivity contribution < 1.29 is 9.59 Å². The number of nitrogens with zero attached hydrogens (tertiary/aromatic N) is 4. The van der Waals surface area contributed by atoms with E-state index in [0.717, 1.165) is 22.3 Å². The maximum atomic E-state index is 13.1. The average molecular weight is 372 g/mol. The van der Waals surface area contributed by atoms with Gasteiger partial charge >= 0.3 is 0 Å². The van der Waals surface area contributed by atoms with Crippen LogP contribution in [0, 0.1) is 37.0 Å². The van der Waals surface area contributed by atoms with Crippen LogP contribution in [0.1, 0.15) is 46.4 Å². The Kier molecular flexibility index (Phi) is 5.15. The van der Waals surface area contributed by atoms with Gasteiger partial charge in [-0.15, -0.1) is 5.92 Å². The van der Waals surface area contributed by atoms with Crippen molar-refractivity contribution in [2.24, 2.45) is 0 Å². The summed E-state index contributed by atoms with van der Waals surface area (Å²) in [5, 5.41) is 11.6. The van der Waals surface area contributed by atoms with Crippen LogP contribution in [0.25, 0.3) is 0 Å². The molecule has 0 aliphatic carbocycles. The first-order valence-electron chi connectivity index (χ1n) is 8.85. The van der Waals surface area contributed by atoms with Crippen molar-refractivity contribution in [1.82, 2.24) is 15.0 Å². The minimum atomic E-state index is -0.869. The van der Waals surface area contributed by atoms with Gasteiger partial charge in [0.1, 0.15) is 12.0 Å². The van der Waals surface area contributed by atoms with E-state index in [9.17, 15) is 9.59 Å². The van der Waals surface area contributed by atoms with Crippen LogP contribution in [0.3, 0.4) is 0 Å². The highest BCUT2D eigenvalue weighted by Gasteiger charge is 2.45. The molecule has 1 aromatic carbocycles. The molecule has 2 amide bonds. The first kappa shape index (κ1) is 19.1. The lowest BCUT2D eigenvalue weighted by molar-refractivity contribution is -0.145. The topological polar surface area (TPSA) is 77.3 Å². The van der Waals surface area contributed by atoms with Crippen molar-refractivity contribution in [3.05, 3.63) is 64.0 Å². The van der Waals surface area contributed by atoms with Gasteiger partial charge in [-0.2, -0.15) is 5.26 Å². The molecule has 0 radical (unpaired) electrons. The molecule has 2 heterocycles. The molecule has 2 aromatic rings. The van der Waals surface area contributed by atoms with E-state index in [1.54, 1.807) is 26.1 Å². The first-order chi connectivity index (χ1) is 13.4. The lowest BCUT2D eigenvalue weighted by Gasteiger charge is -2.23. The van der Waals surface area contributed by atoms with Gasteiger partial charge in [0.2, 0.25) is 0 Å². The number of hydrogen-bond donors (Lipinski definition) is 0. The molecule has 1 aliphatic rings. The molecule has 1 aliphatic heterocycles. The number of likely N-dealkylation sites (N-methyl/N-ethyl adjacent to an activating group) is 1. The molecule has 0 N–H and O–H groups in total. The van der Waals surface area contributed by atoms with Crippen LogP contribution in [-0.2, 0) is 16.1 Å². The molecule has 140 valence electrons. The number of carbonyl (C=O) groups is 2. The summed E-state index contributed by atoms with van der Waals surface area (Å²) in [4.78, 5) is 30.2. The van der Waals surface area contributed by atoms with Gasteiger partial charge in [0.05, 0.1) is 17.8 Å². The van der Waals surface area contributed by atoms with E-state index in [-0.39, 0.29) is 18.4 Å². The fraction of sp³-hybridized carbons (Fsp3) is 0.273. The third kappa shape index (κ3) is 3.33. The first-order valence-corrected chi connectivity index (χ1v) is 8.85. The maximum absolute atomic E-state index is 13.1. The molecule has 1 aromatic heterocycles. The molecule has 0 bridgehead atoms. The zero-order valence-electron chi connectivity index (χ0n) is 16.3. The molecular formula is C22H20N4O2. The second kappa shape index (κ2) is 7.54. The minimum absolute atomic E-state index is 0.167. The largest absolute Gasteiger partial charge is 0.272 e. The van der Waals surface area contributed by atoms with E-state index < -0.39 is 5.92 Å². The quantitative estimate of drug-likeness (QED) is 0.612. The predicted molar refractivity (Wildman–Crippen MR) is 103 cm³/mol. The van der Waals surface area contributed by atoms with E-state index >= 15 is 0 Å². The molecule has 1 fully saturated rings. The van der Waals surface area contributed by atoms with Gasteiger partial charge in [0.25, 0.3) is 11.8 Å². The summed E-state index contributed by atoms with van der Waals surface area (Å²) in [5.41, 5.74) is 4.40. The van der Waals surface area contributed by atoms with Crippen LogP contribution in [0.5, 0.6) is 0 Å². The van der Waals surface area contributed by atoms with Crippen molar-refractivity contribution >= 4 is 11.8 Å². The highest BCUT2D eigenvalue weighted by molar-refractivity contribution is 6.10. The number of carbonyl (C=O) groups excluding carboxylic acids is 2. The molecular weight excluding hydrogens is 352 g/mol. The van der Waals surface area contributed by atoms with E-state index in [1.807, 2.05) is 32.0 Å². The third-order valence-corrected chi connectivity index (χ3v) is 4.85. The van der Waals surface area contributed by atoms with E-state index in [2.05, 4.69) is 16.8 Å². The molecule has 0 spiro atoms. The van der Waals surface area contributed by atoms with Crippen LogP contribution < -0.4 is 0 Å². The number of hydrogen-bond acceptors (Lipinski definition) is 4. The second-order valence-corrected chi connectivity index (χ2v) is 6.74. The van der Waals surface area contributed by atoms with Crippen LogP contribution >= 0.6 is 0 Å². The normalized spacial score (nSPS) is 16.0. The number of hydrazine groups is 1. The fourth-order valence-electron chi connectivity index (χ4n) is 3.52. The summed E-state index contributed by atoms with van der Waals surface area (Å²) in [5.74, 6) is 4.47. The van der Waals surface area contributed by atoms with Crippen molar-refractivity contribution in [2.75, 3.05) is 7.05 Å². The van der Waals surface area contributed by atoms with Crippen LogP contribution in [0.2, 0.25) is 0 Å². The molecule has 6 heteroatoms. The Hall–Kier alpha value is -3.64. The van der Waals surface area contributed by atoms with Crippen molar-refractivity contribution in [3.63, 3.8) is 0 Å². The lowest BCUT2D eigenvalue weighted by Crippen LogP contribution is -2.37. The summed E-state index contributed by atoms with van der Waals surface area (Å²) in [6.07, 6.45) is 1.46. The van der Waals surface area contributed by atoms with Crippen molar-refractivity contribution in [3.8, 4) is 17.9 Å². The number of aryl methyl sites for hydroxylation is 2. The second-order valence-electron chi connectivity index (χ2n) is 6.74. The summed E-state index contributed by atoms with van der Waals surface area (Å²) in [6, 6.07) is 9.15. The van der Waals surface area contributed by atoms with E-state index in [4.69, 9.17) is 5.26 Å². The van der Waals surface area contributed by atoms with Crippen LogP contribution in [0.4, 0.5) is 0 Å². The molecule has 0 saturated carbocycles. The van der Waals surface area contributed by atoms with Gasteiger partial charge in [-0.1, -0.05) is 5.92 Å². The Balaban J connectivity index is 1.94.